The number of aliphatic hydroxyl groups is 1. The van der Waals surface area contributed by atoms with Gasteiger partial charge in [0.25, 0.3) is 0 Å². The highest BCUT2D eigenvalue weighted by molar-refractivity contribution is 5.45. The molecule has 0 spiro atoms. The minimum atomic E-state index is -0.492. The zero-order valence-corrected chi connectivity index (χ0v) is 17.9. The van der Waals surface area contributed by atoms with E-state index in [0.717, 1.165) is 50.4 Å². The first-order valence-electron chi connectivity index (χ1n) is 10.4. The largest absolute Gasteiger partial charge is 0.378 e. The second-order valence-electron chi connectivity index (χ2n) is 7.63. The number of aliphatic hydroxyl groups excluding tert-OH is 1. The van der Waals surface area contributed by atoms with Crippen LogP contribution in [0.5, 0.6) is 0 Å². The van der Waals surface area contributed by atoms with Gasteiger partial charge in [-0.25, -0.2) is 5.01 Å². The number of piperazine rings is 1. The molecule has 1 atom stereocenters. The summed E-state index contributed by atoms with van der Waals surface area (Å²) in [6.45, 7) is 7.85. The molecule has 0 bridgehead atoms. The van der Waals surface area contributed by atoms with Crippen molar-refractivity contribution in [1.82, 2.24) is 9.80 Å². The van der Waals surface area contributed by atoms with Crippen molar-refractivity contribution in [2.24, 2.45) is 15.5 Å². The van der Waals surface area contributed by atoms with E-state index in [2.05, 4.69) is 38.1 Å². The van der Waals surface area contributed by atoms with Crippen molar-refractivity contribution in [3.05, 3.63) is 65.2 Å². The summed E-state index contributed by atoms with van der Waals surface area (Å²) in [6, 6.07) is 17.9. The number of benzene rings is 2. The lowest BCUT2D eigenvalue weighted by molar-refractivity contribution is -0.0241. The van der Waals surface area contributed by atoms with Crippen LogP contribution < -0.4 is 5.01 Å². The number of anilines is 1. The van der Waals surface area contributed by atoms with Crippen molar-refractivity contribution in [1.29, 1.82) is 5.26 Å². The summed E-state index contributed by atoms with van der Waals surface area (Å²) in [4.78, 5) is 4.57. The van der Waals surface area contributed by atoms with Crippen molar-refractivity contribution in [2.45, 2.75) is 19.1 Å². The van der Waals surface area contributed by atoms with Crippen LogP contribution in [0.3, 0.4) is 0 Å². The average molecular weight is 420 g/mol. The second kappa shape index (κ2) is 11.3. The molecule has 1 fully saturated rings. The highest BCUT2D eigenvalue weighted by Crippen LogP contribution is 2.17. The first-order valence-corrected chi connectivity index (χ1v) is 10.4. The monoisotopic (exact) mass is 419 g/mol. The van der Waals surface area contributed by atoms with Crippen LogP contribution in [0.15, 0.2) is 64.1 Å². The van der Waals surface area contributed by atoms with Gasteiger partial charge in [0.2, 0.25) is 0 Å². The number of nitrogens with zero attached hydrogens (tertiary/aromatic N) is 7. The summed E-state index contributed by atoms with van der Waals surface area (Å²) in [5, 5.41) is 32.0. The molecule has 2 aromatic carbocycles. The van der Waals surface area contributed by atoms with Gasteiger partial charge in [-0.05, 0) is 52.3 Å². The molecule has 8 nitrogen and oxygen atoms in total. The first kappa shape index (κ1) is 22.6. The number of nitriles is 1. The lowest BCUT2D eigenvalue weighted by atomic mass is 10.1. The minimum absolute atomic E-state index is 0.492. The summed E-state index contributed by atoms with van der Waals surface area (Å²) in [7, 11) is 1.79. The van der Waals surface area contributed by atoms with Crippen molar-refractivity contribution in [3.8, 4) is 6.07 Å². The van der Waals surface area contributed by atoms with Crippen molar-refractivity contribution < 1.29 is 5.11 Å². The Labute approximate surface area is 183 Å². The molecule has 0 saturated carbocycles. The van der Waals surface area contributed by atoms with E-state index < -0.39 is 6.23 Å². The van der Waals surface area contributed by atoms with Crippen LogP contribution in [0.4, 0.5) is 5.69 Å². The van der Waals surface area contributed by atoms with Gasteiger partial charge in [0.1, 0.15) is 6.23 Å². The van der Waals surface area contributed by atoms with Crippen LogP contribution in [0.1, 0.15) is 16.7 Å². The van der Waals surface area contributed by atoms with Gasteiger partial charge in [0.15, 0.2) is 0 Å². The van der Waals surface area contributed by atoms with Crippen LogP contribution in [0, 0.1) is 11.3 Å². The Morgan fingerprint density at radius 3 is 2.32 bits per heavy atom. The summed E-state index contributed by atoms with van der Waals surface area (Å²) in [5.41, 5.74) is 3.91. The van der Waals surface area contributed by atoms with Crippen molar-refractivity contribution >= 4 is 12.4 Å². The van der Waals surface area contributed by atoms with Crippen LogP contribution in [0.25, 0.3) is 0 Å². The predicted octanol–water partition coefficient (Wildman–Crippen LogP) is 2.70. The summed E-state index contributed by atoms with van der Waals surface area (Å²) in [5.74, 6) is 0. The molecule has 31 heavy (non-hydrogen) atoms. The van der Waals surface area contributed by atoms with Gasteiger partial charge in [-0.15, -0.1) is 5.10 Å². The summed E-state index contributed by atoms with van der Waals surface area (Å²) in [6.07, 6.45) is 1.07. The Balaban J connectivity index is 1.42. The Morgan fingerprint density at radius 1 is 1.06 bits per heavy atom. The summed E-state index contributed by atoms with van der Waals surface area (Å²) >= 11 is 0. The first-order chi connectivity index (χ1) is 15.1. The van der Waals surface area contributed by atoms with Crippen molar-refractivity contribution in [3.63, 3.8) is 0 Å². The van der Waals surface area contributed by atoms with E-state index in [1.165, 1.54) is 5.56 Å². The molecule has 0 amide bonds. The van der Waals surface area contributed by atoms with E-state index in [4.69, 9.17) is 5.26 Å². The Hall–Kier alpha value is -3.12. The standard InChI is InChI=1S/C23H29N7O/c1-25-26-27-28(2)22-9-7-20(8-10-22)17-23(31)30-15-13-29(14-16-30)12-11-19-3-5-21(18-24)6-4-19/h3-10,23,31H,1,11-17H2,2H3/b27-26-. The minimum Gasteiger partial charge on any atom is -0.378 e. The molecule has 1 aliphatic heterocycles. The van der Waals surface area contributed by atoms with E-state index >= 15 is 0 Å². The van der Waals surface area contributed by atoms with Crippen LogP contribution in [-0.2, 0) is 12.8 Å². The molecular weight excluding hydrogens is 390 g/mol. The molecule has 1 aliphatic rings. The van der Waals surface area contributed by atoms with Crippen LogP contribution in [-0.4, -0.2) is 67.6 Å². The zero-order chi connectivity index (χ0) is 22.1. The Morgan fingerprint density at radius 2 is 1.71 bits per heavy atom. The van der Waals surface area contributed by atoms with Gasteiger partial charge in [-0.1, -0.05) is 24.3 Å². The molecule has 1 N–H and O–H groups in total. The fraction of sp³-hybridized carbons (Fsp3) is 0.391. The van der Waals surface area contributed by atoms with E-state index in [-0.39, 0.29) is 0 Å². The molecule has 2 aromatic rings. The smallest absolute Gasteiger partial charge is 0.111 e. The fourth-order valence-electron chi connectivity index (χ4n) is 3.65. The molecular formula is C23H29N7O. The van der Waals surface area contributed by atoms with Gasteiger partial charge < -0.3 is 10.0 Å². The summed E-state index contributed by atoms with van der Waals surface area (Å²) < 4.78 is 0. The Bertz CT molecular complexity index is 897. The third-order valence-electron chi connectivity index (χ3n) is 5.59. The zero-order valence-electron chi connectivity index (χ0n) is 17.9. The second-order valence-corrected chi connectivity index (χ2v) is 7.63. The molecule has 0 radical (unpaired) electrons. The van der Waals surface area contributed by atoms with E-state index in [1.54, 1.807) is 12.1 Å². The quantitative estimate of drug-likeness (QED) is 0.383. The topological polar surface area (TPSA) is 90.8 Å². The number of hydrogen-bond donors (Lipinski definition) is 1. The lowest BCUT2D eigenvalue weighted by Gasteiger charge is -2.37. The van der Waals surface area contributed by atoms with Crippen molar-refractivity contribution in [2.75, 3.05) is 44.8 Å². The van der Waals surface area contributed by atoms with Gasteiger partial charge in [0, 0.05) is 52.9 Å². The highest BCUT2D eigenvalue weighted by atomic mass is 16.3. The Kier molecular flexibility index (Phi) is 8.24. The molecule has 1 saturated heterocycles. The van der Waals surface area contributed by atoms with E-state index in [0.29, 0.717) is 12.0 Å². The van der Waals surface area contributed by atoms with Gasteiger partial charge in [0.05, 0.1) is 17.3 Å². The number of hydrogen-bond acceptors (Lipinski definition) is 6. The molecule has 1 unspecified atom stereocenters. The SMILES string of the molecule is C=N/N=N\N(C)c1ccc(CC(O)N2CCN(CCc3ccc(C#N)cc3)CC2)cc1. The lowest BCUT2D eigenvalue weighted by Crippen LogP contribution is -2.51. The number of rotatable bonds is 9. The highest BCUT2D eigenvalue weighted by Gasteiger charge is 2.22. The van der Waals surface area contributed by atoms with E-state index in [9.17, 15) is 5.11 Å². The maximum absolute atomic E-state index is 10.7. The molecule has 0 aromatic heterocycles. The van der Waals surface area contributed by atoms with Gasteiger partial charge in [-0.3, -0.25) is 4.90 Å². The maximum Gasteiger partial charge on any atom is 0.111 e. The van der Waals surface area contributed by atoms with Crippen LogP contribution >= 0.6 is 0 Å². The molecule has 8 heteroatoms. The molecule has 3 rings (SSSR count). The van der Waals surface area contributed by atoms with Gasteiger partial charge in [-0.2, -0.15) is 5.26 Å². The van der Waals surface area contributed by atoms with E-state index in [1.807, 2.05) is 48.5 Å². The molecule has 0 aliphatic carbocycles. The fourth-order valence-corrected chi connectivity index (χ4v) is 3.65. The predicted molar refractivity (Wildman–Crippen MR) is 122 cm³/mol. The average Bonchev–Trinajstić information content (AvgIpc) is 2.82. The van der Waals surface area contributed by atoms with Crippen LogP contribution in [0.2, 0.25) is 0 Å². The molecule has 1 heterocycles. The third kappa shape index (κ3) is 6.69. The van der Waals surface area contributed by atoms with Gasteiger partial charge >= 0.3 is 0 Å². The normalized spacial score (nSPS) is 16.2. The third-order valence-corrected chi connectivity index (χ3v) is 5.59. The maximum atomic E-state index is 10.7. The molecule has 162 valence electrons.